The first-order valence-electron chi connectivity index (χ1n) is 7.48. The van der Waals surface area contributed by atoms with Crippen LogP contribution < -0.4 is 11.1 Å². The average molecular weight is 312 g/mol. The van der Waals surface area contributed by atoms with Crippen molar-refractivity contribution in [2.45, 2.75) is 38.8 Å². The Balaban J connectivity index is 2.10. The van der Waals surface area contributed by atoms with Crippen LogP contribution in [0.5, 0.6) is 0 Å². The summed E-state index contributed by atoms with van der Waals surface area (Å²) in [6.07, 6.45) is 0.827. The summed E-state index contributed by atoms with van der Waals surface area (Å²) in [7, 11) is 0. The van der Waals surface area contributed by atoms with Gasteiger partial charge in [-0.05, 0) is 23.5 Å². The van der Waals surface area contributed by atoms with Crippen LogP contribution in [0.2, 0.25) is 0 Å². The lowest BCUT2D eigenvalue weighted by Crippen LogP contribution is -2.44. The average Bonchev–Trinajstić information content (AvgIpc) is 3.03. The second-order valence-corrected chi connectivity index (χ2v) is 6.48. The molecule has 1 aliphatic heterocycles. The Morgan fingerprint density at radius 1 is 1.26 bits per heavy atom. The SMILES string of the molecule is CC1(C)CCn2c(=O)c(=O)n(Cc3nn[nH]n3)c3cccc1c32. The highest BCUT2D eigenvalue weighted by Crippen LogP contribution is 2.36. The van der Waals surface area contributed by atoms with Gasteiger partial charge in [0.05, 0.1) is 17.6 Å². The first kappa shape index (κ1) is 13.9. The number of aromatic nitrogens is 6. The first-order valence-corrected chi connectivity index (χ1v) is 7.48. The van der Waals surface area contributed by atoms with E-state index in [0.29, 0.717) is 12.4 Å². The number of nitrogens with one attached hydrogen (secondary N) is 1. The summed E-state index contributed by atoms with van der Waals surface area (Å²) in [5, 5.41) is 13.6. The number of aryl methyl sites for hydroxylation is 1. The van der Waals surface area contributed by atoms with Crippen molar-refractivity contribution in [3.8, 4) is 0 Å². The Morgan fingerprint density at radius 3 is 2.83 bits per heavy atom. The molecule has 0 unspecified atom stereocenters. The van der Waals surface area contributed by atoms with Gasteiger partial charge in [-0.25, -0.2) is 0 Å². The fourth-order valence-electron chi connectivity index (χ4n) is 3.31. The molecule has 3 aromatic rings. The Morgan fingerprint density at radius 2 is 2.09 bits per heavy atom. The van der Waals surface area contributed by atoms with E-state index < -0.39 is 11.1 Å². The normalized spacial score (nSPS) is 15.9. The number of tetrazole rings is 1. The second kappa shape index (κ2) is 4.61. The van der Waals surface area contributed by atoms with Crippen LogP contribution in [-0.4, -0.2) is 29.8 Å². The van der Waals surface area contributed by atoms with E-state index in [0.717, 1.165) is 23.0 Å². The van der Waals surface area contributed by atoms with Crippen molar-refractivity contribution in [2.75, 3.05) is 0 Å². The standard InChI is InChI=1S/C15H16N6O2/c1-15(2)6-7-20-12-9(15)4-3-5-10(12)21(14(23)13(20)22)8-11-16-18-19-17-11/h3-5H,6-8H2,1-2H3,(H,16,17,18,19). The molecule has 1 N–H and O–H groups in total. The Bertz CT molecular complexity index is 1010. The van der Waals surface area contributed by atoms with Crippen LogP contribution in [-0.2, 0) is 18.5 Å². The van der Waals surface area contributed by atoms with Gasteiger partial charge in [0.15, 0.2) is 5.82 Å². The van der Waals surface area contributed by atoms with E-state index in [1.54, 1.807) is 4.57 Å². The van der Waals surface area contributed by atoms with E-state index in [-0.39, 0.29) is 12.0 Å². The zero-order chi connectivity index (χ0) is 16.2. The van der Waals surface area contributed by atoms with Gasteiger partial charge in [-0.1, -0.05) is 31.2 Å². The highest BCUT2D eigenvalue weighted by molar-refractivity contribution is 5.81. The Labute approximate surface area is 130 Å². The lowest BCUT2D eigenvalue weighted by molar-refractivity contribution is 0.414. The van der Waals surface area contributed by atoms with Crippen LogP contribution in [0.3, 0.4) is 0 Å². The molecule has 8 heteroatoms. The summed E-state index contributed by atoms with van der Waals surface area (Å²) in [4.78, 5) is 25.1. The topological polar surface area (TPSA) is 98.5 Å². The third kappa shape index (κ3) is 1.94. The monoisotopic (exact) mass is 312 g/mol. The van der Waals surface area contributed by atoms with E-state index in [4.69, 9.17) is 0 Å². The summed E-state index contributed by atoms with van der Waals surface area (Å²) in [6.45, 7) is 4.98. The fraction of sp³-hybridized carbons (Fsp3) is 0.400. The largest absolute Gasteiger partial charge is 0.317 e. The van der Waals surface area contributed by atoms with Crippen LogP contribution in [0.4, 0.5) is 0 Å². The number of para-hydroxylation sites is 1. The van der Waals surface area contributed by atoms with Gasteiger partial charge < -0.3 is 4.57 Å². The molecule has 0 bridgehead atoms. The van der Waals surface area contributed by atoms with E-state index in [1.165, 1.54) is 4.57 Å². The zero-order valence-corrected chi connectivity index (χ0v) is 12.9. The number of rotatable bonds is 2. The molecule has 4 rings (SSSR count). The van der Waals surface area contributed by atoms with Gasteiger partial charge >= 0.3 is 11.1 Å². The van der Waals surface area contributed by atoms with Crippen LogP contribution in [0, 0.1) is 0 Å². The molecule has 0 saturated heterocycles. The highest BCUT2D eigenvalue weighted by atomic mass is 16.2. The quantitative estimate of drug-likeness (QED) is 0.691. The summed E-state index contributed by atoms with van der Waals surface area (Å²) in [5.74, 6) is 0.368. The highest BCUT2D eigenvalue weighted by Gasteiger charge is 2.30. The van der Waals surface area contributed by atoms with Gasteiger partial charge in [-0.3, -0.25) is 14.2 Å². The number of benzene rings is 1. The fourth-order valence-corrected chi connectivity index (χ4v) is 3.31. The second-order valence-electron chi connectivity index (χ2n) is 6.48. The molecule has 0 amide bonds. The maximum absolute atomic E-state index is 12.5. The minimum absolute atomic E-state index is 0.0413. The zero-order valence-electron chi connectivity index (χ0n) is 12.9. The van der Waals surface area contributed by atoms with Crippen molar-refractivity contribution in [3.05, 3.63) is 50.3 Å². The van der Waals surface area contributed by atoms with Crippen LogP contribution >= 0.6 is 0 Å². The van der Waals surface area contributed by atoms with Crippen molar-refractivity contribution in [1.29, 1.82) is 0 Å². The number of nitrogens with zero attached hydrogens (tertiary/aromatic N) is 5. The van der Waals surface area contributed by atoms with E-state index in [1.807, 2.05) is 18.2 Å². The lowest BCUT2D eigenvalue weighted by atomic mass is 9.78. The molecule has 1 aromatic carbocycles. The molecular formula is C15H16N6O2. The number of H-pyrrole nitrogens is 1. The van der Waals surface area contributed by atoms with Crippen LogP contribution in [0.1, 0.15) is 31.7 Å². The third-order valence-electron chi connectivity index (χ3n) is 4.63. The predicted molar refractivity (Wildman–Crippen MR) is 83.4 cm³/mol. The molecule has 118 valence electrons. The van der Waals surface area contributed by atoms with Gasteiger partial charge in [0.25, 0.3) is 0 Å². The number of aromatic amines is 1. The molecule has 0 radical (unpaired) electrons. The van der Waals surface area contributed by atoms with Gasteiger partial charge in [0.2, 0.25) is 0 Å². The third-order valence-corrected chi connectivity index (χ3v) is 4.63. The van der Waals surface area contributed by atoms with Crippen molar-refractivity contribution >= 4 is 11.0 Å². The molecule has 0 aliphatic carbocycles. The van der Waals surface area contributed by atoms with Gasteiger partial charge in [0.1, 0.15) is 0 Å². The van der Waals surface area contributed by atoms with Crippen molar-refractivity contribution in [3.63, 3.8) is 0 Å². The maximum atomic E-state index is 12.5. The van der Waals surface area contributed by atoms with Gasteiger partial charge in [-0.2, -0.15) is 5.21 Å². The number of hydrogen-bond donors (Lipinski definition) is 1. The van der Waals surface area contributed by atoms with Crippen molar-refractivity contribution in [1.82, 2.24) is 29.8 Å². The van der Waals surface area contributed by atoms with Crippen LogP contribution in [0.25, 0.3) is 11.0 Å². The minimum atomic E-state index is -0.556. The maximum Gasteiger partial charge on any atom is 0.317 e. The van der Waals surface area contributed by atoms with Gasteiger partial charge in [0, 0.05) is 6.54 Å². The summed E-state index contributed by atoms with van der Waals surface area (Å²) >= 11 is 0. The Hall–Kier alpha value is -2.77. The molecule has 2 aromatic heterocycles. The molecule has 1 aliphatic rings. The molecule has 8 nitrogen and oxygen atoms in total. The van der Waals surface area contributed by atoms with E-state index in [9.17, 15) is 9.59 Å². The molecular weight excluding hydrogens is 296 g/mol. The number of hydrogen-bond acceptors (Lipinski definition) is 5. The summed E-state index contributed by atoms with van der Waals surface area (Å²) < 4.78 is 3.04. The molecule has 0 saturated carbocycles. The Kier molecular flexibility index (Phi) is 2.78. The van der Waals surface area contributed by atoms with E-state index in [2.05, 4.69) is 34.5 Å². The first-order chi connectivity index (χ1) is 11.0. The van der Waals surface area contributed by atoms with E-state index >= 15 is 0 Å². The van der Waals surface area contributed by atoms with Crippen LogP contribution in [0.15, 0.2) is 27.8 Å². The van der Waals surface area contributed by atoms with Gasteiger partial charge in [-0.15, -0.1) is 10.2 Å². The predicted octanol–water partition coefficient (Wildman–Crippen LogP) is 0.406. The van der Waals surface area contributed by atoms with Crippen molar-refractivity contribution in [2.24, 2.45) is 0 Å². The molecule has 0 spiro atoms. The molecule has 0 atom stereocenters. The van der Waals surface area contributed by atoms with Crippen molar-refractivity contribution < 1.29 is 0 Å². The lowest BCUT2D eigenvalue weighted by Gasteiger charge is -2.33. The summed E-state index contributed by atoms with van der Waals surface area (Å²) in [6, 6.07) is 5.81. The minimum Gasteiger partial charge on any atom is -0.302 e. The molecule has 3 heterocycles. The molecule has 23 heavy (non-hydrogen) atoms. The smallest absolute Gasteiger partial charge is 0.302 e. The summed E-state index contributed by atoms with van der Waals surface area (Å²) in [5.41, 5.74) is 1.55. The molecule has 0 fully saturated rings.